The maximum Gasteiger partial charge on any atom is 0.337 e. The van der Waals surface area contributed by atoms with Crippen molar-refractivity contribution in [2.75, 3.05) is 20.8 Å². The van der Waals surface area contributed by atoms with Crippen molar-refractivity contribution in [2.45, 2.75) is 13.1 Å². The van der Waals surface area contributed by atoms with Crippen molar-refractivity contribution < 1.29 is 9.47 Å². The molecule has 0 atom stereocenters. The largest absolute Gasteiger partial charge is 0.497 e. The number of hydrogen-bond donors (Lipinski definition) is 0. The van der Waals surface area contributed by atoms with E-state index >= 15 is 0 Å². The fourth-order valence-electron chi connectivity index (χ4n) is 3.44. The molecule has 8 nitrogen and oxygen atoms in total. The molecule has 154 valence electrons. The van der Waals surface area contributed by atoms with Gasteiger partial charge in [-0.05, 0) is 17.7 Å². The SMILES string of the molecule is COCCn1c(=O)c2c(ncn2Cc2ccccc2)n(-c2cccc(OC)c2)c1=O. The molecule has 0 radical (unpaired) electrons. The standard InChI is InChI=1S/C22H22N4O4/c1-29-12-11-25-21(27)19-20(23-15-24(19)14-16-7-4-3-5-8-16)26(22(25)28)17-9-6-10-18(13-17)30-2/h3-10,13,15H,11-12,14H2,1-2H3. The third-order valence-corrected chi connectivity index (χ3v) is 4.93. The first-order valence-electron chi connectivity index (χ1n) is 9.52. The van der Waals surface area contributed by atoms with Crippen molar-refractivity contribution in [2.24, 2.45) is 0 Å². The van der Waals surface area contributed by atoms with Gasteiger partial charge < -0.3 is 14.0 Å². The molecule has 0 saturated heterocycles. The lowest BCUT2D eigenvalue weighted by atomic mass is 10.2. The lowest BCUT2D eigenvalue weighted by Gasteiger charge is -2.13. The van der Waals surface area contributed by atoms with Crippen molar-refractivity contribution in [1.29, 1.82) is 0 Å². The Morgan fingerprint density at radius 2 is 1.80 bits per heavy atom. The fourth-order valence-corrected chi connectivity index (χ4v) is 3.44. The average molecular weight is 406 g/mol. The van der Waals surface area contributed by atoms with Crippen LogP contribution in [0, 0.1) is 0 Å². The molecule has 4 aromatic rings. The zero-order valence-corrected chi connectivity index (χ0v) is 16.8. The third-order valence-electron chi connectivity index (χ3n) is 4.93. The summed E-state index contributed by atoms with van der Waals surface area (Å²) in [5.74, 6) is 0.603. The minimum absolute atomic E-state index is 0.143. The Morgan fingerprint density at radius 3 is 2.53 bits per heavy atom. The first-order chi connectivity index (χ1) is 14.6. The minimum atomic E-state index is -0.470. The molecule has 0 spiro atoms. The van der Waals surface area contributed by atoms with E-state index in [0.29, 0.717) is 29.1 Å². The van der Waals surface area contributed by atoms with E-state index in [1.807, 2.05) is 30.3 Å². The monoisotopic (exact) mass is 406 g/mol. The first kappa shape index (κ1) is 19.7. The van der Waals surface area contributed by atoms with Crippen molar-refractivity contribution in [1.82, 2.24) is 18.7 Å². The molecule has 0 fully saturated rings. The van der Waals surface area contributed by atoms with E-state index in [2.05, 4.69) is 4.98 Å². The summed E-state index contributed by atoms with van der Waals surface area (Å²) in [5, 5.41) is 0. The van der Waals surface area contributed by atoms with E-state index in [9.17, 15) is 9.59 Å². The van der Waals surface area contributed by atoms with Gasteiger partial charge in [-0.2, -0.15) is 0 Å². The molecule has 8 heteroatoms. The predicted octanol–water partition coefficient (Wildman–Crippen LogP) is 2.05. The number of nitrogens with zero attached hydrogens (tertiary/aromatic N) is 4. The second kappa shape index (κ2) is 8.38. The number of methoxy groups -OCH3 is 2. The predicted molar refractivity (Wildman–Crippen MR) is 114 cm³/mol. The van der Waals surface area contributed by atoms with Gasteiger partial charge in [0.1, 0.15) is 5.75 Å². The summed E-state index contributed by atoms with van der Waals surface area (Å²) in [4.78, 5) is 30.9. The lowest BCUT2D eigenvalue weighted by molar-refractivity contribution is 0.184. The number of rotatable bonds is 7. The number of benzene rings is 2. The van der Waals surface area contributed by atoms with E-state index in [-0.39, 0.29) is 18.7 Å². The van der Waals surface area contributed by atoms with Crippen LogP contribution in [0.1, 0.15) is 5.56 Å². The molecule has 0 unspecified atom stereocenters. The van der Waals surface area contributed by atoms with Crippen LogP contribution in [-0.2, 0) is 17.8 Å². The van der Waals surface area contributed by atoms with E-state index in [0.717, 1.165) is 5.56 Å². The topological polar surface area (TPSA) is 80.3 Å². The zero-order valence-electron chi connectivity index (χ0n) is 16.8. The summed E-state index contributed by atoms with van der Waals surface area (Å²) in [5.41, 5.74) is 1.40. The van der Waals surface area contributed by atoms with Gasteiger partial charge in [-0.1, -0.05) is 36.4 Å². The highest BCUT2D eigenvalue weighted by Gasteiger charge is 2.19. The van der Waals surface area contributed by atoms with Crippen molar-refractivity contribution in [3.8, 4) is 11.4 Å². The van der Waals surface area contributed by atoms with Crippen LogP contribution >= 0.6 is 0 Å². The maximum absolute atomic E-state index is 13.3. The molecule has 0 bridgehead atoms. The van der Waals surface area contributed by atoms with E-state index in [1.165, 1.54) is 16.2 Å². The molecule has 2 aromatic carbocycles. The first-order valence-corrected chi connectivity index (χ1v) is 9.52. The van der Waals surface area contributed by atoms with Gasteiger partial charge in [-0.3, -0.25) is 9.36 Å². The molecule has 0 amide bonds. The number of ether oxygens (including phenoxy) is 2. The van der Waals surface area contributed by atoms with E-state index in [4.69, 9.17) is 9.47 Å². The van der Waals surface area contributed by atoms with Gasteiger partial charge in [0.15, 0.2) is 11.2 Å². The summed E-state index contributed by atoms with van der Waals surface area (Å²) >= 11 is 0. The van der Waals surface area contributed by atoms with E-state index < -0.39 is 5.69 Å². The van der Waals surface area contributed by atoms with Gasteiger partial charge in [0.25, 0.3) is 5.56 Å². The van der Waals surface area contributed by atoms with Gasteiger partial charge in [-0.25, -0.2) is 14.3 Å². The Hall–Kier alpha value is -3.65. The molecule has 0 aliphatic carbocycles. The summed E-state index contributed by atoms with van der Waals surface area (Å²) in [6, 6.07) is 16.9. The van der Waals surface area contributed by atoms with Gasteiger partial charge in [-0.15, -0.1) is 0 Å². The quantitative estimate of drug-likeness (QED) is 0.469. The summed E-state index contributed by atoms with van der Waals surface area (Å²) < 4.78 is 14.8. The highest BCUT2D eigenvalue weighted by atomic mass is 16.5. The van der Waals surface area contributed by atoms with Crippen LogP contribution in [0.25, 0.3) is 16.9 Å². The Kier molecular flexibility index (Phi) is 5.49. The molecule has 0 N–H and O–H groups in total. The minimum Gasteiger partial charge on any atom is -0.497 e. The van der Waals surface area contributed by atoms with Crippen molar-refractivity contribution >= 4 is 11.2 Å². The van der Waals surface area contributed by atoms with Gasteiger partial charge in [0.05, 0.1) is 32.3 Å². The fraction of sp³-hybridized carbons (Fsp3) is 0.227. The molecule has 2 heterocycles. The Bertz CT molecular complexity index is 1290. The van der Waals surface area contributed by atoms with E-state index in [1.54, 1.807) is 42.3 Å². The van der Waals surface area contributed by atoms with Crippen LogP contribution in [0.5, 0.6) is 5.75 Å². The van der Waals surface area contributed by atoms with Crippen LogP contribution in [0.4, 0.5) is 0 Å². The van der Waals surface area contributed by atoms with Crippen LogP contribution in [-0.4, -0.2) is 39.5 Å². The normalized spacial score (nSPS) is 11.1. The summed E-state index contributed by atoms with van der Waals surface area (Å²) in [6.07, 6.45) is 1.59. The zero-order chi connectivity index (χ0) is 21.1. The molecule has 0 aliphatic heterocycles. The average Bonchev–Trinajstić information content (AvgIpc) is 3.18. The number of hydrogen-bond acceptors (Lipinski definition) is 5. The Labute approximate surface area is 172 Å². The van der Waals surface area contributed by atoms with Crippen LogP contribution in [0.3, 0.4) is 0 Å². The molecular formula is C22H22N4O4. The molecular weight excluding hydrogens is 384 g/mol. The van der Waals surface area contributed by atoms with Crippen LogP contribution in [0.15, 0.2) is 70.5 Å². The van der Waals surface area contributed by atoms with Crippen LogP contribution in [0.2, 0.25) is 0 Å². The lowest BCUT2D eigenvalue weighted by Crippen LogP contribution is -2.41. The van der Waals surface area contributed by atoms with Crippen LogP contribution < -0.4 is 16.0 Å². The molecule has 4 rings (SSSR count). The van der Waals surface area contributed by atoms with Gasteiger partial charge in [0, 0.05) is 19.7 Å². The molecule has 0 saturated carbocycles. The Balaban J connectivity index is 1.98. The molecule has 0 aliphatic rings. The molecule has 2 aromatic heterocycles. The Morgan fingerprint density at radius 1 is 1.00 bits per heavy atom. The second-order valence-corrected chi connectivity index (χ2v) is 6.80. The number of imidazole rings is 1. The maximum atomic E-state index is 13.3. The summed E-state index contributed by atoms with van der Waals surface area (Å²) in [6.45, 7) is 0.851. The molecule has 30 heavy (non-hydrogen) atoms. The smallest absolute Gasteiger partial charge is 0.337 e. The second-order valence-electron chi connectivity index (χ2n) is 6.80. The number of aromatic nitrogens is 4. The van der Waals surface area contributed by atoms with Crippen molar-refractivity contribution in [3.05, 3.63) is 87.3 Å². The van der Waals surface area contributed by atoms with Crippen molar-refractivity contribution in [3.63, 3.8) is 0 Å². The van der Waals surface area contributed by atoms with Gasteiger partial charge >= 0.3 is 5.69 Å². The summed E-state index contributed by atoms with van der Waals surface area (Å²) in [7, 11) is 3.09. The number of fused-ring (bicyclic) bond motifs is 1. The highest BCUT2D eigenvalue weighted by molar-refractivity contribution is 5.72. The third kappa shape index (κ3) is 3.53. The highest BCUT2D eigenvalue weighted by Crippen LogP contribution is 2.19. The van der Waals surface area contributed by atoms with Gasteiger partial charge in [0.2, 0.25) is 0 Å².